The van der Waals surface area contributed by atoms with Gasteiger partial charge >= 0.3 is 5.97 Å². The third-order valence-electron chi connectivity index (χ3n) is 1.81. The molecule has 0 aliphatic rings. The average Bonchev–Trinajstić information content (AvgIpc) is 2.16. The van der Waals surface area contributed by atoms with Gasteiger partial charge < -0.3 is 10.8 Å². The van der Waals surface area contributed by atoms with Crippen LogP contribution in [0.15, 0.2) is 30.3 Å². The molecule has 0 bridgehead atoms. The molecular formula is C10H15ClN2O2. The molecule has 15 heavy (non-hydrogen) atoms. The summed E-state index contributed by atoms with van der Waals surface area (Å²) >= 11 is 0. The molecule has 0 fully saturated rings. The molecule has 84 valence electrons. The van der Waals surface area contributed by atoms with E-state index in [0.717, 1.165) is 5.56 Å². The van der Waals surface area contributed by atoms with E-state index in [2.05, 4.69) is 5.32 Å². The van der Waals surface area contributed by atoms with Gasteiger partial charge in [-0.2, -0.15) is 0 Å². The van der Waals surface area contributed by atoms with Crippen LogP contribution in [0.1, 0.15) is 5.56 Å². The minimum atomic E-state index is -0.895. The maximum Gasteiger partial charge on any atom is 0.317 e. The van der Waals surface area contributed by atoms with Gasteiger partial charge in [0.2, 0.25) is 0 Å². The molecule has 0 heterocycles. The van der Waals surface area contributed by atoms with Gasteiger partial charge in [-0.05, 0) is 5.56 Å². The lowest BCUT2D eigenvalue weighted by Crippen LogP contribution is -2.41. The number of halogens is 1. The Kier molecular flexibility index (Phi) is 6.70. The van der Waals surface area contributed by atoms with Gasteiger partial charge in [-0.3, -0.25) is 10.1 Å². The summed E-state index contributed by atoms with van der Waals surface area (Å²) in [4.78, 5) is 10.2. The van der Waals surface area contributed by atoms with E-state index in [4.69, 9.17) is 10.8 Å². The molecule has 1 rings (SSSR count). The van der Waals surface area contributed by atoms with E-state index < -0.39 is 5.97 Å². The summed E-state index contributed by atoms with van der Waals surface area (Å²) < 4.78 is 0. The molecule has 5 heteroatoms. The Morgan fingerprint density at radius 3 is 2.53 bits per heavy atom. The predicted molar refractivity (Wildman–Crippen MR) is 61.0 cm³/mol. The van der Waals surface area contributed by atoms with Crippen LogP contribution in [0.5, 0.6) is 0 Å². The van der Waals surface area contributed by atoms with E-state index >= 15 is 0 Å². The summed E-state index contributed by atoms with van der Waals surface area (Å²) in [6.45, 7) is -0.103. The van der Waals surface area contributed by atoms with Gasteiger partial charge in [0.1, 0.15) is 0 Å². The van der Waals surface area contributed by atoms with E-state index in [9.17, 15) is 4.79 Å². The van der Waals surface area contributed by atoms with Crippen molar-refractivity contribution >= 4 is 18.4 Å². The molecule has 1 aromatic carbocycles. The second kappa shape index (κ2) is 7.23. The van der Waals surface area contributed by atoms with Gasteiger partial charge in [0.05, 0.1) is 12.7 Å². The minimum Gasteiger partial charge on any atom is -0.480 e. The molecule has 0 amide bonds. The van der Waals surface area contributed by atoms with Crippen LogP contribution in [0.4, 0.5) is 0 Å². The number of benzene rings is 1. The maximum absolute atomic E-state index is 10.2. The standard InChI is InChI=1S/C10H14N2O2.ClH/c11-9(12-7-10(13)14)6-8-4-2-1-3-5-8;/h1-5,9,12H,6-7,11H2,(H,13,14);1H. The van der Waals surface area contributed by atoms with E-state index in [1.807, 2.05) is 30.3 Å². The van der Waals surface area contributed by atoms with Gasteiger partial charge in [-0.25, -0.2) is 0 Å². The van der Waals surface area contributed by atoms with Crippen LogP contribution < -0.4 is 11.1 Å². The molecule has 0 saturated carbocycles. The third-order valence-corrected chi connectivity index (χ3v) is 1.81. The smallest absolute Gasteiger partial charge is 0.317 e. The molecular weight excluding hydrogens is 216 g/mol. The average molecular weight is 231 g/mol. The van der Waals surface area contributed by atoms with Crippen LogP contribution in [0.3, 0.4) is 0 Å². The van der Waals surface area contributed by atoms with Gasteiger partial charge in [0.25, 0.3) is 0 Å². The SMILES string of the molecule is Cl.NC(Cc1ccccc1)NCC(=O)O. The summed E-state index contributed by atoms with van der Waals surface area (Å²) in [6.07, 6.45) is 0.321. The highest BCUT2D eigenvalue weighted by Crippen LogP contribution is 1.99. The number of nitrogens with one attached hydrogen (secondary N) is 1. The van der Waals surface area contributed by atoms with Gasteiger partial charge in [-0.1, -0.05) is 30.3 Å². The minimum absolute atomic E-state index is 0. The highest BCUT2D eigenvalue weighted by Gasteiger charge is 2.04. The molecule has 1 aromatic rings. The fraction of sp³-hybridized carbons (Fsp3) is 0.300. The number of nitrogens with two attached hydrogens (primary N) is 1. The number of carboxylic acid groups (broad SMARTS) is 1. The van der Waals surface area contributed by atoms with Crippen molar-refractivity contribution in [3.05, 3.63) is 35.9 Å². The summed E-state index contributed by atoms with van der Waals surface area (Å²) in [6, 6.07) is 9.71. The molecule has 0 aliphatic heterocycles. The Balaban J connectivity index is 0.00000196. The summed E-state index contributed by atoms with van der Waals surface area (Å²) in [5, 5.41) is 11.1. The number of carboxylic acids is 1. The highest BCUT2D eigenvalue weighted by atomic mass is 35.5. The van der Waals surface area contributed by atoms with Crippen LogP contribution in [-0.2, 0) is 11.2 Å². The Morgan fingerprint density at radius 1 is 1.40 bits per heavy atom. The van der Waals surface area contributed by atoms with Gasteiger partial charge in [0.15, 0.2) is 0 Å². The first-order valence-electron chi connectivity index (χ1n) is 4.43. The number of hydrogen-bond donors (Lipinski definition) is 3. The van der Waals surface area contributed by atoms with Crippen molar-refractivity contribution in [2.24, 2.45) is 5.73 Å². The fourth-order valence-corrected chi connectivity index (χ4v) is 1.16. The molecule has 0 saturated heterocycles. The van der Waals surface area contributed by atoms with Crippen molar-refractivity contribution in [3.63, 3.8) is 0 Å². The van der Waals surface area contributed by atoms with Crippen LogP contribution in [0, 0.1) is 0 Å². The Bertz CT molecular complexity index is 293. The van der Waals surface area contributed by atoms with Crippen molar-refractivity contribution in [2.75, 3.05) is 6.54 Å². The second-order valence-corrected chi connectivity index (χ2v) is 3.07. The largest absolute Gasteiger partial charge is 0.480 e. The molecule has 4 nitrogen and oxygen atoms in total. The predicted octanol–water partition coefficient (Wildman–Crippen LogP) is 0.610. The van der Waals surface area contributed by atoms with Crippen LogP contribution >= 0.6 is 12.4 Å². The molecule has 0 spiro atoms. The summed E-state index contributed by atoms with van der Waals surface area (Å²) in [7, 11) is 0. The maximum atomic E-state index is 10.2. The first-order chi connectivity index (χ1) is 6.68. The molecule has 0 aromatic heterocycles. The Hall–Kier alpha value is -1.10. The van der Waals surface area contributed by atoms with E-state index in [1.54, 1.807) is 0 Å². The van der Waals surface area contributed by atoms with E-state index in [-0.39, 0.29) is 25.1 Å². The Morgan fingerprint density at radius 2 is 2.00 bits per heavy atom. The number of hydrogen-bond acceptors (Lipinski definition) is 3. The summed E-state index contributed by atoms with van der Waals surface area (Å²) in [5.41, 5.74) is 6.77. The zero-order chi connectivity index (χ0) is 10.4. The molecule has 0 aliphatic carbocycles. The highest BCUT2D eigenvalue weighted by molar-refractivity contribution is 5.85. The number of rotatable bonds is 5. The lowest BCUT2D eigenvalue weighted by molar-refractivity contribution is -0.136. The zero-order valence-corrected chi connectivity index (χ0v) is 9.04. The van der Waals surface area contributed by atoms with E-state index in [0.29, 0.717) is 6.42 Å². The monoisotopic (exact) mass is 230 g/mol. The van der Waals surface area contributed by atoms with Crippen molar-refractivity contribution < 1.29 is 9.90 Å². The summed E-state index contributed by atoms with van der Waals surface area (Å²) in [5.74, 6) is -0.895. The van der Waals surface area contributed by atoms with Crippen molar-refractivity contribution in [1.29, 1.82) is 0 Å². The Labute approximate surface area is 94.9 Å². The molecule has 1 unspecified atom stereocenters. The normalized spacial score (nSPS) is 11.5. The van der Waals surface area contributed by atoms with Crippen molar-refractivity contribution in [2.45, 2.75) is 12.6 Å². The first kappa shape index (κ1) is 13.9. The number of aliphatic carboxylic acids is 1. The van der Waals surface area contributed by atoms with Crippen molar-refractivity contribution in [1.82, 2.24) is 5.32 Å². The van der Waals surface area contributed by atoms with Crippen LogP contribution in [-0.4, -0.2) is 23.8 Å². The molecule has 0 radical (unpaired) electrons. The first-order valence-corrected chi connectivity index (χ1v) is 4.43. The second-order valence-electron chi connectivity index (χ2n) is 3.07. The zero-order valence-electron chi connectivity index (χ0n) is 8.22. The topological polar surface area (TPSA) is 75.3 Å². The van der Waals surface area contributed by atoms with Gasteiger partial charge in [-0.15, -0.1) is 12.4 Å². The fourth-order valence-electron chi connectivity index (χ4n) is 1.16. The van der Waals surface area contributed by atoms with Crippen molar-refractivity contribution in [3.8, 4) is 0 Å². The molecule has 4 N–H and O–H groups in total. The third kappa shape index (κ3) is 6.06. The quantitative estimate of drug-likeness (QED) is 0.648. The molecule has 1 atom stereocenters. The van der Waals surface area contributed by atoms with E-state index in [1.165, 1.54) is 0 Å². The number of carbonyl (C=O) groups is 1. The van der Waals surface area contributed by atoms with Crippen LogP contribution in [0.25, 0.3) is 0 Å². The lowest BCUT2D eigenvalue weighted by atomic mass is 10.1. The lowest BCUT2D eigenvalue weighted by Gasteiger charge is -2.11. The van der Waals surface area contributed by atoms with Gasteiger partial charge in [0, 0.05) is 6.42 Å². The van der Waals surface area contributed by atoms with Crippen LogP contribution in [0.2, 0.25) is 0 Å².